The fourth-order valence-corrected chi connectivity index (χ4v) is 2.30. The van der Waals surface area contributed by atoms with Crippen molar-refractivity contribution in [3.05, 3.63) is 6.07 Å². The van der Waals surface area contributed by atoms with Crippen molar-refractivity contribution in [1.29, 1.82) is 0 Å². The molecule has 2 rings (SSSR count). The highest BCUT2D eigenvalue weighted by Gasteiger charge is 2.25. The quantitative estimate of drug-likeness (QED) is 0.716. The molecule has 0 spiro atoms. The highest BCUT2D eigenvalue weighted by molar-refractivity contribution is 5.77. The van der Waals surface area contributed by atoms with Crippen LogP contribution < -0.4 is 21.7 Å². The van der Waals surface area contributed by atoms with Crippen molar-refractivity contribution in [3.8, 4) is 0 Å². The first-order valence-electron chi connectivity index (χ1n) is 6.53. The summed E-state index contributed by atoms with van der Waals surface area (Å²) in [6.07, 6.45) is 1.76. The largest absolute Gasteiger partial charge is 0.370 e. The zero-order valence-electron chi connectivity index (χ0n) is 11.1. The van der Waals surface area contributed by atoms with Crippen molar-refractivity contribution < 1.29 is 4.79 Å². The summed E-state index contributed by atoms with van der Waals surface area (Å²) in [4.78, 5) is 21.7. The third kappa shape index (κ3) is 3.24. The molecule has 0 radical (unpaired) electrons. The Hall–Kier alpha value is -2.05. The van der Waals surface area contributed by atoms with Crippen LogP contribution in [0.3, 0.4) is 0 Å². The molecule has 1 aliphatic rings. The summed E-state index contributed by atoms with van der Waals surface area (Å²) in [7, 11) is 0. The molecule has 0 aromatic carbocycles. The second kappa shape index (κ2) is 5.73. The summed E-state index contributed by atoms with van der Waals surface area (Å²) >= 11 is 0. The van der Waals surface area contributed by atoms with Gasteiger partial charge in [0.25, 0.3) is 0 Å². The van der Waals surface area contributed by atoms with E-state index in [-0.39, 0.29) is 17.8 Å². The molecule has 1 unspecified atom stereocenters. The van der Waals surface area contributed by atoms with Crippen LogP contribution in [0.5, 0.6) is 0 Å². The van der Waals surface area contributed by atoms with Gasteiger partial charge in [-0.15, -0.1) is 0 Å². The van der Waals surface area contributed by atoms with E-state index in [1.807, 2.05) is 17.9 Å². The number of piperidine rings is 1. The average Bonchev–Trinajstić information content (AvgIpc) is 2.38. The summed E-state index contributed by atoms with van der Waals surface area (Å²) < 4.78 is 0. The number of nitrogens with zero attached hydrogens (tertiary/aromatic N) is 3. The molecule has 1 fully saturated rings. The molecule has 7 nitrogen and oxygen atoms in total. The van der Waals surface area contributed by atoms with Crippen LogP contribution in [-0.4, -0.2) is 35.5 Å². The van der Waals surface area contributed by atoms with Gasteiger partial charge in [-0.2, -0.15) is 9.97 Å². The maximum absolute atomic E-state index is 11.3. The molecule has 1 aromatic heterocycles. The van der Waals surface area contributed by atoms with Crippen molar-refractivity contribution >= 4 is 23.5 Å². The number of rotatable bonds is 4. The third-order valence-electron chi connectivity index (χ3n) is 3.24. The highest BCUT2D eigenvalue weighted by atomic mass is 16.1. The molecule has 1 aliphatic heterocycles. The molecule has 5 N–H and O–H groups in total. The zero-order valence-corrected chi connectivity index (χ0v) is 11.1. The monoisotopic (exact) mass is 264 g/mol. The first kappa shape index (κ1) is 13.4. The summed E-state index contributed by atoms with van der Waals surface area (Å²) in [5.41, 5.74) is 11.1. The number of carbonyl (C=O) groups is 1. The second-order valence-electron chi connectivity index (χ2n) is 4.69. The van der Waals surface area contributed by atoms with Crippen LogP contribution in [0.2, 0.25) is 0 Å². The van der Waals surface area contributed by atoms with E-state index in [2.05, 4.69) is 15.3 Å². The van der Waals surface area contributed by atoms with Gasteiger partial charge in [0.1, 0.15) is 11.6 Å². The fraction of sp³-hybridized carbons (Fsp3) is 0.583. The van der Waals surface area contributed by atoms with Crippen LogP contribution in [-0.2, 0) is 4.79 Å². The van der Waals surface area contributed by atoms with E-state index in [1.54, 1.807) is 0 Å². The molecule has 1 aromatic rings. The van der Waals surface area contributed by atoms with Crippen LogP contribution in [0.1, 0.15) is 19.8 Å². The Morgan fingerprint density at radius 3 is 3.05 bits per heavy atom. The SMILES string of the molecule is CCNc1cc(N2CCCC(C(N)=O)C2)nc(N)n1. The number of amides is 1. The molecule has 104 valence electrons. The summed E-state index contributed by atoms with van der Waals surface area (Å²) in [5.74, 6) is 1.31. The van der Waals surface area contributed by atoms with Crippen molar-refractivity contribution in [3.63, 3.8) is 0 Å². The minimum atomic E-state index is -0.251. The lowest BCUT2D eigenvalue weighted by atomic mass is 9.97. The van der Waals surface area contributed by atoms with Crippen molar-refractivity contribution in [2.75, 3.05) is 35.6 Å². The molecular formula is C12H20N6O. The number of anilines is 3. The molecule has 0 bridgehead atoms. The average molecular weight is 264 g/mol. The number of nitrogen functional groups attached to an aromatic ring is 1. The maximum Gasteiger partial charge on any atom is 0.223 e. The minimum absolute atomic E-state index is 0.118. The summed E-state index contributed by atoms with van der Waals surface area (Å²) in [5, 5.41) is 3.11. The summed E-state index contributed by atoms with van der Waals surface area (Å²) in [6, 6.07) is 1.85. The molecule has 0 aliphatic carbocycles. The fourth-order valence-electron chi connectivity index (χ4n) is 2.30. The topological polar surface area (TPSA) is 110 Å². The zero-order chi connectivity index (χ0) is 13.8. The maximum atomic E-state index is 11.3. The van der Waals surface area contributed by atoms with Crippen LogP contribution >= 0.6 is 0 Å². The van der Waals surface area contributed by atoms with E-state index in [4.69, 9.17) is 11.5 Å². The Morgan fingerprint density at radius 2 is 2.37 bits per heavy atom. The van der Waals surface area contributed by atoms with Crippen LogP contribution in [0, 0.1) is 5.92 Å². The third-order valence-corrected chi connectivity index (χ3v) is 3.24. The highest BCUT2D eigenvalue weighted by Crippen LogP contribution is 2.23. The normalized spacial score (nSPS) is 19.2. The first-order chi connectivity index (χ1) is 9.10. The Morgan fingerprint density at radius 1 is 1.58 bits per heavy atom. The molecule has 1 saturated heterocycles. The van der Waals surface area contributed by atoms with Gasteiger partial charge in [0.15, 0.2) is 0 Å². The van der Waals surface area contributed by atoms with Crippen molar-refractivity contribution in [2.24, 2.45) is 11.7 Å². The molecule has 7 heteroatoms. The van der Waals surface area contributed by atoms with Crippen molar-refractivity contribution in [1.82, 2.24) is 9.97 Å². The van der Waals surface area contributed by atoms with Gasteiger partial charge >= 0.3 is 0 Å². The van der Waals surface area contributed by atoms with Gasteiger partial charge in [-0.3, -0.25) is 4.79 Å². The van der Waals surface area contributed by atoms with Crippen LogP contribution in [0.4, 0.5) is 17.6 Å². The minimum Gasteiger partial charge on any atom is -0.370 e. The van der Waals surface area contributed by atoms with Gasteiger partial charge in [0.2, 0.25) is 11.9 Å². The lowest BCUT2D eigenvalue weighted by Gasteiger charge is -2.32. The van der Waals surface area contributed by atoms with Gasteiger partial charge in [-0.1, -0.05) is 0 Å². The van der Waals surface area contributed by atoms with E-state index in [1.165, 1.54) is 0 Å². The lowest BCUT2D eigenvalue weighted by molar-refractivity contribution is -0.122. The van der Waals surface area contributed by atoms with E-state index in [0.717, 1.165) is 31.7 Å². The van der Waals surface area contributed by atoms with Crippen LogP contribution in [0.15, 0.2) is 6.07 Å². The van der Waals surface area contributed by atoms with Gasteiger partial charge in [0, 0.05) is 25.7 Å². The number of primary amides is 1. The van der Waals surface area contributed by atoms with Gasteiger partial charge < -0.3 is 21.7 Å². The van der Waals surface area contributed by atoms with Gasteiger partial charge in [-0.25, -0.2) is 0 Å². The molecule has 0 saturated carbocycles. The number of hydrogen-bond donors (Lipinski definition) is 3. The van der Waals surface area contributed by atoms with Gasteiger partial charge in [0.05, 0.1) is 5.92 Å². The smallest absolute Gasteiger partial charge is 0.223 e. The van der Waals surface area contributed by atoms with E-state index >= 15 is 0 Å². The lowest BCUT2D eigenvalue weighted by Crippen LogP contribution is -2.41. The molecular weight excluding hydrogens is 244 g/mol. The number of nitrogens with two attached hydrogens (primary N) is 2. The Bertz CT molecular complexity index is 464. The number of nitrogens with one attached hydrogen (secondary N) is 1. The van der Waals surface area contributed by atoms with E-state index in [0.29, 0.717) is 12.4 Å². The molecule has 19 heavy (non-hydrogen) atoms. The van der Waals surface area contributed by atoms with E-state index < -0.39 is 0 Å². The number of carbonyl (C=O) groups excluding carboxylic acids is 1. The Labute approximate surface area is 112 Å². The molecule has 2 heterocycles. The Balaban J connectivity index is 2.18. The predicted octanol–water partition coefficient (Wildman–Crippen LogP) is 0.192. The second-order valence-corrected chi connectivity index (χ2v) is 4.69. The van der Waals surface area contributed by atoms with Gasteiger partial charge in [-0.05, 0) is 19.8 Å². The first-order valence-corrected chi connectivity index (χ1v) is 6.53. The van der Waals surface area contributed by atoms with E-state index in [9.17, 15) is 4.79 Å². The van der Waals surface area contributed by atoms with Crippen LogP contribution in [0.25, 0.3) is 0 Å². The number of hydrogen-bond acceptors (Lipinski definition) is 6. The standard InChI is InChI=1S/C12H20N6O/c1-2-15-9-6-10(17-12(14)16-9)18-5-3-4-8(7-18)11(13)19/h6,8H,2-5,7H2,1H3,(H2,13,19)(H3,14,15,16,17). The summed E-state index contributed by atoms with van der Waals surface area (Å²) in [6.45, 7) is 4.20. The molecule has 1 amide bonds. The van der Waals surface area contributed by atoms with Crippen molar-refractivity contribution in [2.45, 2.75) is 19.8 Å². The predicted molar refractivity (Wildman–Crippen MR) is 74.7 cm³/mol. The Kier molecular flexibility index (Phi) is 4.03. The number of aromatic nitrogens is 2. The molecule has 1 atom stereocenters.